The standard InChI is InChI=1S/C12H10N6O2.C3H3F3O2/c19-11(20)3-6-17-4-1-9(2-5-17)10-7-14-18-12(16-10)13-8-15-18;1-8-2(7)3(4,5)6/h1-2,4-5,7-8H,3,6H2;1H3/p+1. The molecule has 28 heavy (non-hydrogen) atoms. The molecule has 3 aromatic heterocycles. The van der Waals surface area contributed by atoms with Gasteiger partial charge in [-0.3, -0.25) is 4.79 Å². The van der Waals surface area contributed by atoms with Crippen LogP contribution in [0.1, 0.15) is 6.42 Å². The lowest BCUT2D eigenvalue weighted by atomic mass is 10.2. The van der Waals surface area contributed by atoms with E-state index in [1.54, 1.807) is 10.8 Å². The fourth-order valence-corrected chi connectivity index (χ4v) is 1.89. The number of carbonyl (C=O) groups excluding carboxylic acids is 1. The lowest BCUT2D eigenvalue weighted by Crippen LogP contribution is -2.33. The summed E-state index contributed by atoms with van der Waals surface area (Å²) in [5.74, 6) is -2.55. The zero-order valence-corrected chi connectivity index (χ0v) is 14.4. The van der Waals surface area contributed by atoms with Crippen molar-refractivity contribution in [2.24, 2.45) is 0 Å². The quantitative estimate of drug-likeness (QED) is 0.502. The Hall–Kier alpha value is -3.64. The van der Waals surface area contributed by atoms with Crippen LogP contribution < -0.4 is 4.57 Å². The van der Waals surface area contributed by atoms with Crippen molar-refractivity contribution in [1.82, 2.24) is 24.8 Å². The lowest BCUT2D eigenvalue weighted by molar-refractivity contribution is -0.695. The topological polar surface area (TPSA) is 123 Å². The number of hydrogen-bond donors (Lipinski definition) is 1. The molecule has 0 unspecified atom stereocenters. The fraction of sp³-hybridized carbons (Fsp3) is 0.267. The first-order valence-corrected chi connectivity index (χ1v) is 7.60. The number of ether oxygens (including phenoxy) is 1. The number of fused-ring (bicyclic) bond motifs is 1. The van der Waals surface area contributed by atoms with E-state index in [1.165, 1.54) is 11.0 Å². The summed E-state index contributed by atoms with van der Waals surface area (Å²) in [5, 5.41) is 16.6. The average Bonchev–Trinajstić information content (AvgIpc) is 3.13. The molecule has 0 aromatic carbocycles. The molecule has 13 heteroatoms. The lowest BCUT2D eigenvalue weighted by Gasteiger charge is -1.99. The van der Waals surface area contributed by atoms with Gasteiger partial charge in [-0.05, 0) is 0 Å². The van der Waals surface area contributed by atoms with Gasteiger partial charge >= 0.3 is 18.1 Å². The first kappa shape index (κ1) is 20.7. The normalized spacial score (nSPS) is 10.9. The third kappa shape index (κ3) is 5.69. The van der Waals surface area contributed by atoms with Gasteiger partial charge in [-0.25, -0.2) is 14.3 Å². The molecule has 0 saturated carbocycles. The molecule has 148 valence electrons. The van der Waals surface area contributed by atoms with Crippen LogP contribution in [-0.2, 0) is 20.9 Å². The average molecular weight is 399 g/mol. The summed E-state index contributed by atoms with van der Waals surface area (Å²) in [6.45, 7) is 0.435. The first-order valence-electron chi connectivity index (χ1n) is 7.60. The minimum Gasteiger partial charge on any atom is -0.481 e. The molecule has 1 N–H and O–H groups in total. The van der Waals surface area contributed by atoms with Gasteiger partial charge in [0.25, 0.3) is 5.78 Å². The number of rotatable bonds is 4. The number of carboxylic acid groups (broad SMARTS) is 1. The molecule has 3 aromatic rings. The van der Waals surface area contributed by atoms with Gasteiger partial charge in [0.15, 0.2) is 18.9 Å². The Morgan fingerprint density at radius 3 is 2.46 bits per heavy atom. The second kappa shape index (κ2) is 8.83. The Bertz CT molecular complexity index is 958. The van der Waals surface area contributed by atoms with Crippen molar-refractivity contribution < 1.29 is 37.2 Å². The maximum absolute atomic E-state index is 11.0. The molecule has 10 nitrogen and oxygen atoms in total. The molecule has 3 heterocycles. The van der Waals surface area contributed by atoms with Crippen molar-refractivity contribution >= 4 is 17.7 Å². The number of carbonyl (C=O) groups is 2. The molecule has 0 bridgehead atoms. The predicted octanol–water partition coefficient (Wildman–Crippen LogP) is 0.670. The van der Waals surface area contributed by atoms with E-state index >= 15 is 0 Å². The van der Waals surface area contributed by atoms with E-state index in [1.807, 2.05) is 24.5 Å². The second-order valence-electron chi connectivity index (χ2n) is 5.15. The third-order valence-corrected chi connectivity index (χ3v) is 3.21. The van der Waals surface area contributed by atoms with Crippen LogP contribution in [-0.4, -0.2) is 55.1 Å². The van der Waals surface area contributed by atoms with E-state index in [4.69, 9.17) is 5.11 Å². The Kier molecular flexibility index (Phi) is 6.52. The molecule has 0 fully saturated rings. The highest BCUT2D eigenvalue weighted by molar-refractivity contribution is 5.75. The molecule has 3 rings (SSSR count). The Balaban J connectivity index is 0.000000300. The maximum atomic E-state index is 11.0. The van der Waals surface area contributed by atoms with Gasteiger partial charge in [0.05, 0.1) is 19.0 Å². The number of esters is 1. The molecule has 0 radical (unpaired) electrons. The van der Waals surface area contributed by atoms with Crippen LogP contribution in [0.4, 0.5) is 13.2 Å². The Labute approximate surface area is 155 Å². The minimum atomic E-state index is -4.85. The third-order valence-electron chi connectivity index (χ3n) is 3.21. The van der Waals surface area contributed by atoms with Crippen molar-refractivity contribution in [3.05, 3.63) is 37.1 Å². The summed E-state index contributed by atoms with van der Waals surface area (Å²) in [6, 6.07) is 3.72. The number of aryl methyl sites for hydroxylation is 1. The highest BCUT2D eigenvalue weighted by Gasteiger charge is 2.40. The number of pyridine rings is 1. The number of halogens is 3. The zero-order valence-electron chi connectivity index (χ0n) is 14.4. The van der Waals surface area contributed by atoms with Crippen LogP contribution in [0.5, 0.6) is 0 Å². The molecule has 0 saturated heterocycles. The van der Waals surface area contributed by atoms with Crippen LogP contribution in [0.3, 0.4) is 0 Å². The monoisotopic (exact) mass is 399 g/mol. The Morgan fingerprint density at radius 1 is 1.25 bits per heavy atom. The Morgan fingerprint density at radius 2 is 1.93 bits per heavy atom. The van der Waals surface area contributed by atoms with Gasteiger partial charge in [0, 0.05) is 17.7 Å². The summed E-state index contributed by atoms with van der Waals surface area (Å²) >= 11 is 0. The summed E-state index contributed by atoms with van der Waals surface area (Å²) < 4.78 is 39.4. The summed E-state index contributed by atoms with van der Waals surface area (Å²) in [5.41, 5.74) is 1.57. The molecule has 0 spiro atoms. The maximum Gasteiger partial charge on any atom is 0.490 e. The number of methoxy groups -OCH3 is 1. The summed E-state index contributed by atoms with van der Waals surface area (Å²) in [7, 11) is 0.676. The van der Waals surface area contributed by atoms with E-state index in [2.05, 4.69) is 24.9 Å². The smallest absolute Gasteiger partial charge is 0.481 e. The van der Waals surface area contributed by atoms with Gasteiger partial charge < -0.3 is 9.84 Å². The number of nitrogens with zero attached hydrogens (tertiary/aromatic N) is 6. The van der Waals surface area contributed by atoms with Crippen LogP contribution in [0.25, 0.3) is 17.0 Å². The first-order chi connectivity index (χ1) is 13.2. The van der Waals surface area contributed by atoms with Gasteiger partial charge in [0.2, 0.25) is 0 Å². The van der Waals surface area contributed by atoms with E-state index in [9.17, 15) is 22.8 Å². The van der Waals surface area contributed by atoms with Gasteiger partial charge in [0.1, 0.15) is 12.7 Å². The molecular formula is C15H14F3N6O4+. The van der Waals surface area contributed by atoms with E-state index in [-0.39, 0.29) is 6.42 Å². The molecule has 0 amide bonds. The number of aliphatic carboxylic acids is 1. The zero-order chi connectivity index (χ0) is 20.7. The van der Waals surface area contributed by atoms with Crippen molar-refractivity contribution in [1.29, 1.82) is 0 Å². The summed E-state index contributed by atoms with van der Waals surface area (Å²) in [6.07, 6.45) is 1.87. The van der Waals surface area contributed by atoms with E-state index in [0.29, 0.717) is 25.1 Å². The van der Waals surface area contributed by atoms with Crippen LogP contribution in [0.15, 0.2) is 37.1 Å². The highest BCUT2D eigenvalue weighted by atomic mass is 19.4. The largest absolute Gasteiger partial charge is 0.490 e. The van der Waals surface area contributed by atoms with Crippen molar-refractivity contribution in [3.8, 4) is 11.3 Å². The van der Waals surface area contributed by atoms with Crippen molar-refractivity contribution in [2.45, 2.75) is 19.1 Å². The summed E-state index contributed by atoms with van der Waals surface area (Å²) in [4.78, 5) is 28.3. The van der Waals surface area contributed by atoms with Crippen LogP contribution in [0.2, 0.25) is 0 Å². The second-order valence-corrected chi connectivity index (χ2v) is 5.15. The fourth-order valence-electron chi connectivity index (χ4n) is 1.89. The van der Waals surface area contributed by atoms with E-state index < -0.39 is 18.1 Å². The SMILES string of the molecule is COC(=O)C(F)(F)F.O=C(O)CC[n+]1ccc(-c2cnn3ncnc3n2)cc1. The molecule has 0 aliphatic heterocycles. The molecule has 0 atom stereocenters. The van der Waals surface area contributed by atoms with Gasteiger partial charge in [-0.15, -0.1) is 9.73 Å². The van der Waals surface area contributed by atoms with Crippen molar-refractivity contribution in [3.63, 3.8) is 0 Å². The van der Waals surface area contributed by atoms with Crippen molar-refractivity contribution in [2.75, 3.05) is 7.11 Å². The molecular weight excluding hydrogens is 385 g/mol. The van der Waals surface area contributed by atoms with Crippen LogP contribution in [0, 0.1) is 0 Å². The predicted molar refractivity (Wildman–Crippen MR) is 84.5 cm³/mol. The number of hydrogen-bond acceptors (Lipinski definition) is 7. The molecule has 0 aliphatic carbocycles. The molecule has 0 aliphatic rings. The number of aromatic nitrogens is 6. The van der Waals surface area contributed by atoms with Gasteiger partial charge in [-0.1, -0.05) is 0 Å². The van der Waals surface area contributed by atoms with Crippen LogP contribution >= 0.6 is 0 Å². The number of alkyl halides is 3. The number of carboxylic acids is 1. The minimum absolute atomic E-state index is 0.0928. The van der Waals surface area contributed by atoms with E-state index in [0.717, 1.165) is 5.56 Å². The highest BCUT2D eigenvalue weighted by Crippen LogP contribution is 2.15. The van der Waals surface area contributed by atoms with Gasteiger partial charge in [-0.2, -0.15) is 23.3 Å².